The number of carbonyl (C=O) groups is 1. The molecule has 126 valence electrons. The fourth-order valence-corrected chi connectivity index (χ4v) is 4.14. The van der Waals surface area contributed by atoms with Gasteiger partial charge in [0.15, 0.2) is 9.84 Å². The molecule has 1 aliphatic heterocycles. The van der Waals surface area contributed by atoms with Gasteiger partial charge in [0, 0.05) is 11.7 Å². The van der Waals surface area contributed by atoms with Crippen LogP contribution < -0.4 is 10.6 Å². The quantitative estimate of drug-likeness (QED) is 0.869. The standard InChI is InChI=1S/C16H18N4O3S/c1-11-2-4-12(5-3-11)19-15-9-17-14(8-18-15)16(21)20-13-6-7-24(22,23)10-13/h2-5,8-9,13H,6-7,10H2,1H3,(H,18,19)(H,20,21). The summed E-state index contributed by atoms with van der Waals surface area (Å²) < 4.78 is 22.8. The topological polar surface area (TPSA) is 101 Å². The number of amides is 1. The lowest BCUT2D eigenvalue weighted by Crippen LogP contribution is -2.36. The van der Waals surface area contributed by atoms with E-state index in [1.54, 1.807) is 0 Å². The highest BCUT2D eigenvalue weighted by Gasteiger charge is 2.29. The summed E-state index contributed by atoms with van der Waals surface area (Å²) in [5, 5.41) is 5.78. The second kappa shape index (κ2) is 6.56. The third-order valence-corrected chi connectivity index (χ3v) is 5.54. The zero-order valence-corrected chi connectivity index (χ0v) is 14.0. The summed E-state index contributed by atoms with van der Waals surface area (Å²) in [5.74, 6) is 0.216. The second-order valence-electron chi connectivity index (χ2n) is 5.85. The summed E-state index contributed by atoms with van der Waals surface area (Å²) in [7, 11) is -3.03. The van der Waals surface area contributed by atoms with E-state index in [1.807, 2.05) is 31.2 Å². The van der Waals surface area contributed by atoms with Gasteiger partial charge in [-0.15, -0.1) is 0 Å². The highest BCUT2D eigenvalue weighted by atomic mass is 32.2. The molecular weight excluding hydrogens is 328 g/mol. The first-order valence-corrected chi connectivity index (χ1v) is 9.40. The molecule has 2 heterocycles. The molecule has 1 fully saturated rings. The van der Waals surface area contributed by atoms with Crippen LogP contribution in [0.2, 0.25) is 0 Å². The van der Waals surface area contributed by atoms with E-state index in [1.165, 1.54) is 12.4 Å². The number of benzene rings is 1. The molecule has 1 atom stereocenters. The summed E-state index contributed by atoms with van der Waals surface area (Å²) >= 11 is 0. The van der Waals surface area contributed by atoms with Crippen molar-refractivity contribution in [3.63, 3.8) is 0 Å². The first-order valence-electron chi connectivity index (χ1n) is 7.58. The lowest BCUT2D eigenvalue weighted by atomic mass is 10.2. The Morgan fingerprint density at radius 3 is 2.50 bits per heavy atom. The molecule has 1 saturated heterocycles. The molecule has 0 aliphatic carbocycles. The Morgan fingerprint density at radius 1 is 1.17 bits per heavy atom. The van der Waals surface area contributed by atoms with Crippen LogP contribution in [0.1, 0.15) is 22.5 Å². The van der Waals surface area contributed by atoms with Crippen LogP contribution in [0.5, 0.6) is 0 Å². The monoisotopic (exact) mass is 346 g/mol. The van der Waals surface area contributed by atoms with Gasteiger partial charge >= 0.3 is 0 Å². The number of nitrogens with zero attached hydrogens (tertiary/aromatic N) is 2. The molecule has 7 nitrogen and oxygen atoms in total. The molecule has 3 rings (SSSR count). The largest absolute Gasteiger partial charge is 0.347 e. The summed E-state index contributed by atoms with van der Waals surface area (Å²) in [6, 6.07) is 7.46. The van der Waals surface area contributed by atoms with Crippen molar-refractivity contribution in [1.29, 1.82) is 0 Å². The van der Waals surface area contributed by atoms with Gasteiger partial charge in [0.05, 0.1) is 23.9 Å². The predicted molar refractivity (Wildman–Crippen MR) is 91.0 cm³/mol. The number of rotatable bonds is 4. The molecule has 1 unspecified atom stereocenters. The molecule has 0 radical (unpaired) electrons. The molecule has 0 saturated carbocycles. The Bertz CT molecular complexity index is 833. The number of carbonyl (C=O) groups excluding carboxylic acids is 1. The fraction of sp³-hybridized carbons (Fsp3) is 0.312. The third kappa shape index (κ3) is 4.08. The van der Waals surface area contributed by atoms with Crippen LogP contribution in [0.15, 0.2) is 36.7 Å². The van der Waals surface area contributed by atoms with E-state index in [4.69, 9.17) is 0 Å². The van der Waals surface area contributed by atoms with E-state index in [0.29, 0.717) is 12.2 Å². The Balaban J connectivity index is 1.61. The average Bonchev–Trinajstić information content (AvgIpc) is 2.89. The summed E-state index contributed by atoms with van der Waals surface area (Å²) in [4.78, 5) is 20.3. The first-order chi connectivity index (χ1) is 11.4. The van der Waals surface area contributed by atoms with Crippen LogP contribution >= 0.6 is 0 Å². The van der Waals surface area contributed by atoms with Crippen LogP contribution in [0, 0.1) is 6.92 Å². The number of nitrogens with one attached hydrogen (secondary N) is 2. The van der Waals surface area contributed by atoms with Crippen LogP contribution in [0.25, 0.3) is 0 Å². The summed E-state index contributed by atoms with van der Waals surface area (Å²) in [6.45, 7) is 2.01. The van der Waals surface area contributed by atoms with Crippen LogP contribution in [-0.2, 0) is 9.84 Å². The first kappa shape index (κ1) is 16.4. The normalized spacial score (nSPS) is 19.0. The van der Waals surface area contributed by atoms with Crippen LogP contribution in [0.3, 0.4) is 0 Å². The number of aromatic nitrogens is 2. The van der Waals surface area contributed by atoms with Crippen molar-refractivity contribution < 1.29 is 13.2 Å². The van der Waals surface area contributed by atoms with Crippen molar-refractivity contribution in [3.05, 3.63) is 47.9 Å². The smallest absolute Gasteiger partial charge is 0.271 e. The number of anilines is 2. The molecule has 8 heteroatoms. The van der Waals surface area contributed by atoms with E-state index in [-0.39, 0.29) is 23.2 Å². The molecule has 0 spiro atoms. The van der Waals surface area contributed by atoms with Gasteiger partial charge in [0.2, 0.25) is 0 Å². The molecule has 0 bridgehead atoms. The number of sulfone groups is 1. The lowest BCUT2D eigenvalue weighted by Gasteiger charge is -2.10. The highest BCUT2D eigenvalue weighted by Crippen LogP contribution is 2.15. The molecule has 2 aromatic rings. The maximum absolute atomic E-state index is 12.1. The molecule has 1 aromatic carbocycles. The van der Waals surface area contributed by atoms with Gasteiger partial charge in [-0.25, -0.2) is 18.4 Å². The van der Waals surface area contributed by atoms with Gasteiger partial charge in [0.25, 0.3) is 5.91 Å². The van der Waals surface area contributed by atoms with Crippen molar-refractivity contribution in [1.82, 2.24) is 15.3 Å². The minimum absolute atomic E-state index is 0.0147. The maximum Gasteiger partial charge on any atom is 0.271 e. The van der Waals surface area contributed by atoms with Gasteiger partial charge in [0.1, 0.15) is 11.5 Å². The predicted octanol–water partition coefficient (Wildman–Crippen LogP) is 1.45. The Labute approximate surface area is 140 Å². The van der Waals surface area contributed by atoms with Gasteiger partial charge in [-0.1, -0.05) is 17.7 Å². The van der Waals surface area contributed by atoms with Gasteiger partial charge < -0.3 is 10.6 Å². The SMILES string of the molecule is Cc1ccc(Nc2cnc(C(=O)NC3CCS(=O)(=O)C3)cn2)cc1. The van der Waals surface area contributed by atoms with Crippen molar-refractivity contribution >= 4 is 27.2 Å². The van der Waals surface area contributed by atoms with E-state index < -0.39 is 15.7 Å². The second-order valence-corrected chi connectivity index (χ2v) is 8.08. The van der Waals surface area contributed by atoms with Crippen molar-refractivity contribution in [3.8, 4) is 0 Å². The van der Waals surface area contributed by atoms with Gasteiger partial charge in [-0.2, -0.15) is 0 Å². The van der Waals surface area contributed by atoms with Crippen LogP contribution in [0.4, 0.5) is 11.5 Å². The average molecular weight is 346 g/mol. The zero-order valence-electron chi connectivity index (χ0n) is 13.2. The van der Waals surface area contributed by atoms with E-state index >= 15 is 0 Å². The Kier molecular flexibility index (Phi) is 4.48. The van der Waals surface area contributed by atoms with Crippen molar-refractivity contribution in [2.24, 2.45) is 0 Å². The maximum atomic E-state index is 12.1. The Morgan fingerprint density at radius 2 is 1.92 bits per heavy atom. The highest BCUT2D eigenvalue weighted by molar-refractivity contribution is 7.91. The minimum atomic E-state index is -3.03. The molecule has 24 heavy (non-hydrogen) atoms. The minimum Gasteiger partial charge on any atom is -0.347 e. The lowest BCUT2D eigenvalue weighted by molar-refractivity contribution is 0.0935. The van der Waals surface area contributed by atoms with Gasteiger partial charge in [-0.05, 0) is 25.5 Å². The van der Waals surface area contributed by atoms with Crippen LogP contribution in [-0.4, -0.2) is 41.8 Å². The van der Waals surface area contributed by atoms with E-state index in [2.05, 4.69) is 20.6 Å². The molecule has 2 N–H and O–H groups in total. The summed E-state index contributed by atoms with van der Waals surface area (Å²) in [6.07, 6.45) is 3.28. The van der Waals surface area contributed by atoms with E-state index in [9.17, 15) is 13.2 Å². The van der Waals surface area contributed by atoms with Crippen molar-refractivity contribution in [2.75, 3.05) is 16.8 Å². The fourth-order valence-electron chi connectivity index (χ4n) is 2.46. The Hall–Kier alpha value is -2.48. The third-order valence-electron chi connectivity index (χ3n) is 3.78. The zero-order chi connectivity index (χ0) is 17.2. The van der Waals surface area contributed by atoms with Gasteiger partial charge in [-0.3, -0.25) is 4.79 Å². The van der Waals surface area contributed by atoms with Crippen molar-refractivity contribution in [2.45, 2.75) is 19.4 Å². The molecule has 1 amide bonds. The van der Waals surface area contributed by atoms with E-state index in [0.717, 1.165) is 11.3 Å². The number of aryl methyl sites for hydroxylation is 1. The summed E-state index contributed by atoms with van der Waals surface area (Å²) in [5.41, 5.74) is 2.20. The molecule has 1 aromatic heterocycles. The molecular formula is C16H18N4O3S. The number of hydrogen-bond acceptors (Lipinski definition) is 6. The molecule has 1 aliphatic rings. The number of hydrogen-bond donors (Lipinski definition) is 2.